The molecule has 2 aromatic carbocycles. The molecule has 116 valence electrons. The van der Waals surface area contributed by atoms with Gasteiger partial charge in [0.15, 0.2) is 5.13 Å². The lowest BCUT2D eigenvalue weighted by Crippen LogP contribution is -2.21. The Hall–Kier alpha value is -2.37. The molecule has 0 spiro atoms. The third-order valence-corrected chi connectivity index (χ3v) is 4.25. The molecule has 4 nitrogen and oxygen atoms in total. The molecule has 0 bridgehead atoms. The maximum absolute atomic E-state index is 12.0. The third kappa shape index (κ3) is 4.09. The number of hydrogen-bond donors (Lipinski definition) is 2. The van der Waals surface area contributed by atoms with Crippen molar-refractivity contribution < 1.29 is 4.79 Å². The van der Waals surface area contributed by atoms with E-state index in [0.29, 0.717) is 15.8 Å². The first-order valence-electron chi connectivity index (χ1n) is 7.01. The molecule has 1 amide bonds. The van der Waals surface area contributed by atoms with Gasteiger partial charge in [0.25, 0.3) is 0 Å². The zero-order valence-corrected chi connectivity index (χ0v) is 13.7. The average Bonchev–Trinajstić information content (AvgIpc) is 3.05. The van der Waals surface area contributed by atoms with E-state index in [-0.39, 0.29) is 12.5 Å². The molecule has 0 unspecified atom stereocenters. The maximum Gasteiger partial charge on any atom is 0.243 e. The summed E-state index contributed by atoms with van der Waals surface area (Å²) in [6.07, 6.45) is 0. The first-order valence-corrected chi connectivity index (χ1v) is 8.27. The quantitative estimate of drug-likeness (QED) is 0.716. The number of para-hydroxylation sites is 1. The minimum Gasteiger partial charge on any atom is -0.352 e. The number of rotatable bonds is 5. The Morgan fingerprint density at radius 2 is 1.83 bits per heavy atom. The predicted octanol–water partition coefficient (Wildman–Crippen LogP) is 4.51. The van der Waals surface area contributed by atoms with E-state index in [0.717, 1.165) is 11.3 Å². The number of hydrogen-bond acceptors (Lipinski definition) is 4. The van der Waals surface area contributed by atoms with Crippen LogP contribution in [0.25, 0.3) is 11.3 Å². The number of aromatic nitrogens is 1. The van der Waals surface area contributed by atoms with Crippen LogP contribution < -0.4 is 10.6 Å². The highest BCUT2D eigenvalue weighted by molar-refractivity contribution is 7.14. The van der Waals surface area contributed by atoms with Crippen molar-refractivity contribution in [3.63, 3.8) is 0 Å². The first-order chi connectivity index (χ1) is 11.2. The summed E-state index contributed by atoms with van der Waals surface area (Å²) in [5.74, 6) is -0.172. The van der Waals surface area contributed by atoms with Crippen LogP contribution in [0.15, 0.2) is 60.0 Å². The van der Waals surface area contributed by atoms with Crippen molar-refractivity contribution in [2.24, 2.45) is 0 Å². The summed E-state index contributed by atoms with van der Waals surface area (Å²) in [7, 11) is 0. The monoisotopic (exact) mass is 343 g/mol. The van der Waals surface area contributed by atoms with Crippen LogP contribution in [0.5, 0.6) is 0 Å². The van der Waals surface area contributed by atoms with Crippen molar-refractivity contribution in [2.75, 3.05) is 17.2 Å². The number of carbonyl (C=O) groups excluding carboxylic acids is 1. The second kappa shape index (κ2) is 7.26. The second-order valence-corrected chi connectivity index (χ2v) is 6.05. The molecule has 0 saturated heterocycles. The van der Waals surface area contributed by atoms with E-state index in [1.807, 2.05) is 47.8 Å². The van der Waals surface area contributed by atoms with Crippen molar-refractivity contribution in [1.29, 1.82) is 0 Å². The first kappa shape index (κ1) is 15.5. The number of nitrogens with zero attached hydrogens (tertiary/aromatic N) is 1. The van der Waals surface area contributed by atoms with E-state index in [1.165, 1.54) is 11.3 Å². The molecule has 1 aromatic heterocycles. The van der Waals surface area contributed by atoms with E-state index >= 15 is 0 Å². The maximum atomic E-state index is 12.0. The Labute approximate surface area is 143 Å². The van der Waals surface area contributed by atoms with Crippen molar-refractivity contribution >= 4 is 39.7 Å². The number of halogens is 1. The van der Waals surface area contributed by atoms with Crippen LogP contribution >= 0.6 is 22.9 Å². The molecule has 6 heteroatoms. The summed E-state index contributed by atoms with van der Waals surface area (Å²) in [4.78, 5) is 16.4. The molecule has 2 N–H and O–H groups in total. The van der Waals surface area contributed by atoms with Crippen LogP contribution in [0.2, 0.25) is 5.02 Å². The Bertz CT molecular complexity index is 804. The van der Waals surface area contributed by atoms with Gasteiger partial charge in [-0.1, -0.05) is 54.1 Å². The topological polar surface area (TPSA) is 54.0 Å². The summed E-state index contributed by atoms with van der Waals surface area (Å²) >= 11 is 7.48. The highest BCUT2D eigenvalue weighted by Crippen LogP contribution is 2.24. The molecule has 0 fully saturated rings. The van der Waals surface area contributed by atoms with E-state index in [9.17, 15) is 4.79 Å². The largest absolute Gasteiger partial charge is 0.352 e. The van der Waals surface area contributed by atoms with E-state index in [1.54, 1.807) is 12.1 Å². The highest BCUT2D eigenvalue weighted by atomic mass is 35.5. The summed E-state index contributed by atoms with van der Waals surface area (Å²) < 4.78 is 0. The zero-order valence-electron chi connectivity index (χ0n) is 12.1. The Morgan fingerprint density at radius 1 is 1.09 bits per heavy atom. The van der Waals surface area contributed by atoms with Crippen LogP contribution in [0.4, 0.5) is 10.8 Å². The third-order valence-electron chi connectivity index (χ3n) is 3.12. The molecule has 0 aliphatic heterocycles. The standard InChI is InChI=1S/C17H14ClN3OS/c18-13-8-4-5-9-14(13)20-16(22)10-19-17-21-15(11-23-17)12-6-2-1-3-7-12/h1-9,11H,10H2,(H,19,21)(H,20,22). The van der Waals surface area contributed by atoms with Crippen molar-refractivity contribution in [3.8, 4) is 11.3 Å². The van der Waals surface area contributed by atoms with Crippen LogP contribution in [0.3, 0.4) is 0 Å². The number of amides is 1. The predicted molar refractivity (Wildman–Crippen MR) is 96.1 cm³/mol. The SMILES string of the molecule is O=C(CNc1nc(-c2ccccc2)cs1)Nc1ccccc1Cl. The van der Waals surface area contributed by atoms with Gasteiger partial charge < -0.3 is 10.6 Å². The smallest absolute Gasteiger partial charge is 0.243 e. The van der Waals surface area contributed by atoms with E-state index in [2.05, 4.69) is 15.6 Å². The van der Waals surface area contributed by atoms with Gasteiger partial charge in [-0.3, -0.25) is 4.79 Å². The minimum absolute atomic E-state index is 0.132. The molecule has 0 aliphatic carbocycles. The normalized spacial score (nSPS) is 10.3. The van der Waals surface area contributed by atoms with Gasteiger partial charge in [0.05, 0.1) is 22.9 Å². The molecule has 3 rings (SSSR count). The average molecular weight is 344 g/mol. The number of benzene rings is 2. The fourth-order valence-corrected chi connectivity index (χ4v) is 2.91. The highest BCUT2D eigenvalue weighted by Gasteiger charge is 2.08. The van der Waals surface area contributed by atoms with Crippen molar-refractivity contribution in [1.82, 2.24) is 4.98 Å². The molecule has 0 saturated carbocycles. The van der Waals surface area contributed by atoms with Crippen LogP contribution in [-0.4, -0.2) is 17.4 Å². The Balaban J connectivity index is 1.58. The molecule has 0 aliphatic rings. The lowest BCUT2D eigenvalue weighted by molar-refractivity contribution is -0.114. The fraction of sp³-hybridized carbons (Fsp3) is 0.0588. The molecule has 1 heterocycles. The number of thiazole rings is 1. The van der Waals surface area contributed by atoms with Crippen molar-refractivity contribution in [3.05, 3.63) is 65.0 Å². The molecular weight excluding hydrogens is 330 g/mol. The van der Waals surface area contributed by atoms with Crippen LogP contribution in [0, 0.1) is 0 Å². The van der Waals surface area contributed by atoms with Gasteiger partial charge in [0, 0.05) is 10.9 Å². The van der Waals surface area contributed by atoms with Gasteiger partial charge in [-0.05, 0) is 12.1 Å². The molecule has 23 heavy (non-hydrogen) atoms. The summed E-state index contributed by atoms with van der Waals surface area (Å²) in [5.41, 5.74) is 2.55. The van der Waals surface area contributed by atoms with E-state index < -0.39 is 0 Å². The minimum atomic E-state index is -0.172. The Kier molecular flexibility index (Phi) is 4.90. The Morgan fingerprint density at radius 3 is 2.61 bits per heavy atom. The van der Waals surface area contributed by atoms with E-state index in [4.69, 9.17) is 11.6 Å². The molecule has 0 atom stereocenters. The van der Waals surface area contributed by atoms with Gasteiger partial charge in [0.1, 0.15) is 0 Å². The summed E-state index contributed by atoms with van der Waals surface area (Å²) in [6.45, 7) is 0.132. The number of anilines is 2. The summed E-state index contributed by atoms with van der Waals surface area (Å²) in [6, 6.07) is 17.0. The number of carbonyl (C=O) groups is 1. The lowest BCUT2D eigenvalue weighted by Gasteiger charge is -2.07. The van der Waals surface area contributed by atoms with Crippen LogP contribution in [-0.2, 0) is 4.79 Å². The van der Waals surface area contributed by atoms with Crippen molar-refractivity contribution in [2.45, 2.75) is 0 Å². The molecule has 0 radical (unpaired) electrons. The molecule has 3 aromatic rings. The van der Waals surface area contributed by atoms with Crippen LogP contribution in [0.1, 0.15) is 0 Å². The second-order valence-electron chi connectivity index (χ2n) is 4.79. The van der Waals surface area contributed by atoms with Gasteiger partial charge in [-0.15, -0.1) is 11.3 Å². The van der Waals surface area contributed by atoms with Gasteiger partial charge in [-0.25, -0.2) is 4.98 Å². The molecular formula is C17H14ClN3OS. The number of nitrogens with one attached hydrogen (secondary N) is 2. The van der Waals surface area contributed by atoms with Gasteiger partial charge in [0.2, 0.25) is 5.91 Å². The zero-order chi connectivity index (χ0) is 16.1. The van der Waals surface area contributed by atoms with Gasteiger partial charge in [-0.2, -0.15) is 0 Å². The lowest BCUT2D eigenvalue weighted by atomic mass is 10.2. The fourth-order valence-electron chi connectivity index (χ4n) is 2.01. The van der Waals surface area contributed by atoms with Gasteiger partial charge >= 0.3 is 0 Å². The summed E-state index contributed by atoms with van der Waals surface area (Å²) in [5, 5.41) is 8.97.